The first-order valence-electron chi connectivity index (χ1n) is 10.2. The van der Waals surface area contributed by atoms with E-state index in [0.29, 0.717) is 19.4 Å². The molecule has 1 unspecified atom stereocenters. The number of halogens is 1. The topological polar surface area (TPSA) is 117 Å². The van der Waals surface area contributed by atoms with E-state index < -0.39 is 29.9 Å². The number of alkyl halides is 1. The molecule has 9 nitrogen and oxygen atoms in total. The summed E-state index contributed by atoms with van der Waals surface area (Å²) in [7, 11) is 0. The van der Waals surface area contributed by atoms with Crippen LogP contribution in [0.25, 0.3) is 0 Å². The highest BCUT2D eigenvalue weighted by atomic mass is 35.5. The van der Waals surface area contributed by atoms with E-state index in [-0.39, 0.29) is 30.9 Å². The highest BCUT2D eigenvalue weighted by Crippen LogP contribution is 2.12. The number of benzene rings is 1. The number of alkyl carbamates (subject to hydrolysis) is 1. The molecule has 3 N–H and O–H groups in total. The zero-order chi connectivity index (χ0) is 22.8. The molecule has 0 spiro atoms. The monoisotopic (exact) mass is 452 g/mol. The third-order valence-corrected chi connectivity index (χ3v) is 4.98. The number of nitrogens with one attached hydrogen (secondary N) is 3. The second-order valence-electron chi connectivity index (χ2n) is 7.78. The average molecular weight is 453 g/mol. The lowest BCUT2D eigenvalue weighted by molar-refractivity contribution is -0.142. The van der Waals surface area contributed by atoms with E-state index in [1.165, 1.54) is 0 Å². The number of carbonyl (C=O) groups excluding carboxylic acids is 4. The average Bonchev–Trinajstić information content (AvgIpc) is 3.15. The molecule has 1 saturated heterocycles. The van der Waals surface area contributed by atoms with E-state index in [1.54, 1.807) is 0 Å². The highest BCUT2D eigenvalue weighted by molar-refractivity contribution is 6.27. The van der Waals surface area contributed by atoms with E-state index in [1.807, 2.05) is 44.2 Å². The lowest BCUT2D eigenvalue weighted by atomic mass is 10.0. The number of hydrogen-bond donors (Lipinski definition) is 3. The number of amides is 4. The van der Waals surface area contributed by atoms with Crippen molar-refractivity contribution in [1.29, 1.82) is 0 Å². The summed E-state index contributed by atoms with van der Waals surface area (Å²) in [6, 6.07) is 8.24. The van der Waals surface area contributed by atoms with E-state index in [4.69, 9.17) is 16.3 Å². The molecule has 0 bridgehead atoms. The van der Waals surface area contributed by atoms with Gasteiger partial charge < -0.3 is 15.4 Å². The Bertz CT molecular complexity index is 774. The summed E-state index contributed by atoms with van der Waals surface area (Å²) < 4.78 is 5.20. The lowest BCUT2D eigenvalue weighted by Crippen LogP contribution is -2.56. The molecule has 31 heavy (non-hydrogen) atoms. The molecule has 2 atom stereocenters. The van der Waals surface area contributed by atoms with E-state index in [9.17, 15) is 19.2 Å². The fourth-order valence-electron chi connectivity index (χ4n) is 3.14. The molecule has 1 fully saturated rings. The fourth-order valence-corrected chi connectivity index (χ4v) is 3.29. The summed E-state index contributed by atoms with van der Waals surface area (Å²) in [6.07, 6.45) is 0.148. The maximum Gasteiger partial charge on any atom is 0.408 e. The van der Waals surface area contributed by atoms with E-state index in [2.05, 4.69) is 16.1 Å². The molecule has 0 saturated carbocycles. The van der Waals surface area contributed by atoms with Crippen LogP contribution in [0.15, 0.2) is 30.3 Å². The van der Waals surface area contributed by atoms with Gasteiger partial charge in [-0.2, -0.15) is 0 Å². The maximum atomic E-state index is 12.9. The number of carbonyl (C=O) groups is 4. The van der Waals surface area contributed by atoms with Crippen LogP contribution in [-0.4, -0.2) is 53.8 Å². The molecule has 1 heterocycles. The molecule has 1 aliphatic heterocycles. The Morgan fingerprint density at radius 1 is 1.26 bits per heavy atom. The minimum absolute atomic E-state index is 0.00990. The third kappa shape index (κ3) is 8.09. The van der Waals surface area contributed by atoms with Crippen molar-refractivity contribution in [3.8, 4) is 0 Å². The number of hydrazine groups is 1. The predicted octanol–water partition coefficient (Wildman–Crippen LogP) is 1.56. The van der Waals surface area contributed by atoms with Gasteiger partial charge in [-0.05, 0) is 24.3 Å². The van der Waals surface area contributed by atoms with Crippen LogP contribution in [0.3, 0.4) is 0 Å². The fraction of sp³-hybridized carbons (Fsp3) is 0.524. The van der Waals surface area contributed by atoms with Gasteiger partial charge in [-0.25, -0.2) is 4.79 Å². The van der Waals surface area contributed by atoms with Gasteiger partial charge in [-0.15, -0.1) is 11.6 Å². The van der Waals surface area contributed by atoms with Gasteiger partial charge in [0, 0.05) is 6.54 Å². The zero-order valence-corrected chi connectivity index (χ0v) is 18.5. The standard InChI is InChI=1S/C21H29ClN4O5/c1-14(2)10-17(24-21(30)31-13-15-6-4-3-5-7-15)20(29)25-26(18(27)11-22)12-16-8-9-23-19(16)28/h3-7,14,16-17H,8-13H2,1-2H3,(H,23,28)(H,24,30)(H,25,29)/t16?,17-/m0/s1. The third-order valence-electron chi connectivity index (χ3n) is 4.75. The Labute approximate surface area is 186 Å². The Morgan fingerprint density at radius 2 is 1.97 bits per heavy atom. The summed E-state index contributed by atoms with van der Waals surface area (Å²) in [6.45, 7) is 4.40. The Morgan fingerprint density at radius 3 is 2.55 bits per heavy atom. The van der Waals surface area contributed by atoms with Crippen molar-refractivity contribution < 1.29 is 23.9 Å². The lowest BCUT2D eigenvalue weighted by Gasteiger charge is -2.27. The first kappa shape index (κ1) is 24.5. The van der Waals surface area contributed by atoms with Crippen molar-refractivity contribution in [2.45, 2.75) is 39.3 Å². The summed E-state index contributed by atoms with van der Waals surface area (Å²) in [4.78, 5) is 49.2. The van der Waals surface area contributed by atoms with Gasteiger partial charge in [0.15, 0.2) is 0 Å². The van der Waals surface area contributed by atoms with Crippen molar-refractivity contribution in [2.75, 3.05) is 19.0 Å². The van der Waals surface area contributed by atoms with E-state index >= 15 is 0 Å². The molecular weight excluding hydrogens is 424 g/mol. The van der Waals surface area contributed by atoms with Gasteiger partial charge in [-0.3, -0.25) is 24.8 Å². The highest BCUT2D eigenvalue weighted by Gasteiger charge is 2.31. The first-order valence-corrected chi connectivity index (χ1v) is 10.7. The number of nitrogens with zero attached hydrogens (tertiary/aromatic N) is 1. The molecule has 0 aromatic heterocycles. The van der Waals surface area contributed by atoms with Crippen molar-refractivity contribution in [1.82, 2.24) is 21.1 Å². The second kappa shape index (κ2) is 12.1. The van der Waals surface area contributed by atoms with Crippen molar-refractivity contribution >= 4 is 35.4 Å². The first-order chi connectivity index (χ1) is 14.8. The molecule has 0 aliphatic carbocycles. The molecule has 2 rings (SSSR count). The molecule has 1 aliphatic rings. The van der Waals surface area contributed by atoms with Gasteiger partial charge in [0.2, 0.25) is 5.91 Å². The molecule has 1 aromatic carbocycles. The summed E-state index contributed by atoms with van der Waals surface area (Å²) in [5.41, 5.74) is 3.33. The van der Waals surface area contributed by atoms with Crippen molar-refractivity contribution in [2.24, 2.45) is 11.8 Å². The summed E-state index contributed by atoms with van der Waals surface area (Å²) >= 11 is 5.67. The summed E-state index contributed by atoms with van der Waals surface area (Å²) in [5.74, 6) is -1.99. The van der Waals surface area contributed by atoms with Gasteiger partial charge >= 0.3 is 6.09 Å². The maximum absolute atomic E-state index is 12.9. The van der Waals surface area contributed by atoms with Crippen LogP contribution in [0.1, 0.15) is 32.3 Å². The van der Waals surface area contributed by atoms with E-state index in [0.717, 1.165) is 10.6 Å². The van der Waals surface area contributed by atoms with Crippen LogP contribution in [0.4, 0.5) is 4.79 Å². The minimum Gasteiger partial charge on any atom is -0.445 e. The molecule has 4 amide bonds. The van der Waals surface area contributed by atoms with Crippen LogP contribution in [-0.2, 0) is 25.7 Å². The van der Waals surface area contributed by atoms with Crippen LogP contribution in [0, 0.1) is 11.8 Å². The predicted molar refractivity (Wildman–Crippen MR) is 115 cm³/mol. The van der Waals surface area contributed by atoms with Crippen LogP contribution in [0.2, 0.25) is 0 Å². The number of ether oxygens (including phenoxy) is 1. The molecule has 0 radical (unpaired) electrons. The largest absolute Gasteiger partial charge is 0.445 e. The Balaban J connectivity index is 1.99. The van der Waals surface area contributed by atoms with Gasteiger partial charge in [-0.1, -0.05) is 44.2 Å². The Hall–Kier alpha value is -2.81. The van der Waals surface area contributed by atoms with Crippen LogP contribution in [0.5, 0.6) is 0 Å². The quantitative estimate of drug-likeness (QED) is 0.388. The second-order valence-corrected chi connectivity index (χ2v) is 8.05. The number of rotatable bonds is 9. The van der Waals surface area contributed by atoms with Crippen LogP contribution < -0.4 is 16.1 Å². The van der Waals surface area contributed by atoms with Gasteiger partial charge in [0.1, 0.15) is 18.5 Å². The molecular formula is C21H29ClN4O5. The minimum atomic E-state index is -0.925. The molecule has 170 valence electrons. The van der Waals surface area contributed by atoms with Crippen LogP contribution >= 0.6 is 11.6 Å². The normalized spacial score (nSPS) is 16.4. The zero-order valence-electron chi connectivity index (χ0n) is 17.7. The summed E-state index contributed by atoms with van der Waals surface area (Å²) in [5, 5.41) is 6.30. The van der Waals surface area contributed by atoms with Crippen molar-refractivity contribution in [3.63, 3.8) is 0 Å². The SMILES string of the molecule is CC(C)C[C@H](NC(=O)OCc1ccccc1)C(=O)NN(CC1CCNC1=O)C(=O)CCl. The van der Waals surface area contributed by atoms with Gasteiger partial charge in [0.25, 0.3) is 11.8 Å². The van der Waals surface area contributed by atoms with Gasteiger partial charge in [0.05, 0.1) is 12.5 Å². The molecule has 1 aromatic rings. The van der Waals surface area contributed by atoms with Crippen molar-refractivity contribution in [3.05, 3.63) is 35.9 Å². The Kier molecular flexibility index (Phi) is 9.58. The number of hydrogen-bond acceptors (Lipinski definition) is 5. The molecule has 10 heteroatoms. The smallest absolute Gasteiger partial charge is 0.408 e.